The van der Waals surface area contributed by atoms with Crippen LogP contribution in [-0.2, 0) is 17.1 Å². The maximum atomic E-state index is 14.1. The number of urea groups is 1. The fourth-order valence-corrected chi connectivity index (χ4v) is 5.19. The molecule has 258 valence electrons. The van der Waals surface area contributed by atoms with Crippen LogP contribution in [0.5, 0.6) is 5.75 Å². The lowest BCUT2D eigenvalue weighted by atomic mass is 10.1. The van der Waals surface area contributed by atoms with E-state index >= 15 is 0 Å². The van der Waals surface area contributed by atoms with E-state index in [0.29, 0.717) is 17.8 Å². The highest BCUT2D eigenvalue weighted by Gasteiger charge is 2.36. The number of aromatic nitrogens is 4. The van der Waals surface area contributed by atoms with Crippen molar-refractivity contribution in [3.05, 3.63) is 77.7 Å². The molecule has 1 fully saturated rings. The normalized spacial score (nSPS) is 14.9. The summed E-state index contributed by atoms with van der Waals surface area (Å²) in [6, 6.07) is 7.42. The van der Waals surface area contributed by atoms with Crippen LogP contribution in [0.1, 0.15) is 23.1 Å². The highest BCUT2D eigenvalue weighted by molar-refractivity contribution is 8.15. The number of carbonyl (C=O) groups excluding carboxylic acids is 2. The average molecular weight is 718 g/mol. The highest BCUT2D eigenvalue weighted by Crippen LogP contribution is 2.39. The molecule has 0 unspecified atom stereocenters. The molecule has 0 aliphatic carbocycles. The number of halogens is 9. The number of hydrogen-bond acceptors (Lipinski definition) is 7. The molecule has 1 N–H and O–H groups in total. The van der Waals surface area contributed by atoms with Crippen LogP contribution in [0.25, 0.3) is 17.2 Å². The minimum absolute atomic E-state index is 0.0116. The number of benzene rings is 2. The van der Waals surface area contributed by atoms with Gasteiger partial charge in [-0.1, -0.05) is 17.8 Å². The zero-order chi connectivity index (χ0) is 35.7. The zero-order valence-corrected chi connectivity index (χ0v) is 25.4. The fourth-order valence-electron chi connectivity index (χ4n) is 4.33. The van der Waals surface area contributed by atoms with Crippen LogP contribution >= 0.6 is 11.8 Å². The van der Waals surface area contributed by atoms with Gasteiger partial charge in [-0.3, -0.25) is 9.69 Å². The van der Waals surface area contributed by atoms with E-state index in [0.717, 1.165) is 51.9 Å². The van der Waals surface area contributed by atoms with Crippen LogP contribution in [0.3, 0.4) is 0 Å². The lowest BCUT2D eigenvalue weighted by molar-refractivity contribution is -0.140. The van der Waals surface area contributed by atoms with E-state index in [1.807, 2.05) is 5.32 Å². The second kappa shape index (κ2) is 13.4. The molecule has 0 saturated carbocycles. The summed E-state index contributed by atoms with van der Waals surface area (Å²) in [5.74, 6) is -1.28. The van der Waals surface area contributed by atoms with Gasteiger partial charge in [0.25, 0.3) is 0 Å². The van der Waals surface area contributed by atoms with Gasteiger partial charge in [-0.25, -0.2) is 19.4 Å². The van der Waals surface area contributed by atoms with E-state index in [-0.39, 0.29) is 39.6 Å². The Kier molecular flexibility index (Phi) is 9.62. The summed E-state index contributed by atoms with van der Waals surface area (Å²) in [4.78, 5) is 37.9. The third-order valence-electron chi connectivity index (χ3n) is 6.59. The van der Waals surface area contributed by atoms with Crippen LogP contribution in [0.4, 0.5) is 55.7 Å². The van der Waals surface area contributed by atoms with Gasteiger partial charge in [0.05, 0.1) is 41.3 Å². The summed E-state index contributed by atoms with van der Waals surface area (Å²) in [6.07, 6.45) is -13.8. The maximum Gasteiger partial charge on any atom is 0.418 e. The molecule has 5 rings (SSSR count). The second-order valence-corrected chi connectivity index (χ2v) is 11.1. The predicted octanol–water partition coefficient (Wildman–Crippen LogP) is 7.67. The molecule has 3 amide bonds. The number of alkyl halides is 9. The number of ether oxygens (including phenoxy) is 1. The lowest BCUT2D eigenvalue weighted by Gasteiger charge is -2.21. The Balaban J connectivity index is 1.38. The van der Waals surface area contributed by atoms with Gasteiger partial charge >= 0.3 is 24.6 Å². The van der Waals surface area contributed by atoms with Gasteiger partial charge in [-0.05, 0) is 55.0 Å². The van der Waals surface area contributed by atoms with Crippen molar-refractivity contribution in [3.63, 3.8) is 0 Å². The predicted molar refractivity (Wildman–Crippen MR) is 158 cm³/mol. The molecule has 1 aliphatic rings. The third kappa shape index (κ3) is 8.48. The van der Waals surface area contributed by atoms with E-state index in [4.69, 9.17) is 4.74 Å². The van der Waals surface area contributed by atoms with Crippen molar-refractivity contribution in [2.45, 2.75) is 31.9 Å². The van der Waals surface area contributed by atoms with Gasteiger partial charge in [0, 0.05) is 11.8 Å². The van der Waals surface area contributed by atoms with Crippen molar-refractivity contribution in [1.82, 2.24) is 19.7 Å². The highest BCUT2D eigenvalue weighted by atomic mass is 32.2. The summed E-state index contributed by atoms with van der Waals surface area (Å²) < 4.78 is 125. The smallest absolute Gasteiger partial charge is 0.418 e. The average Bonchev–Trinajstić information content (AvgIpc) is 3.63. The van der Waals surface area contributed by atoms with Gasteiger partial charge in [0.2, 0.25) is 5.91 Å². The number of hydrogen-bond donors (Lipinski definition) is 1. The molecule has 1 saturated heterocycles. The topological polar surface area (TPSA) is 115 Å². The Labute approximate surface area is 274 Å². The summed E-state index contributed by atoms with van der Waals surface area (Å²) in [6.45, 7) is 0.869. The lowest BCUT2D eigenvalue weighted by Crippen LogP contribution is -2.31. The SMILES string of the molecule is Cc1ccc(OCCC(F)(F)F)c(N2C(=O)CS/C2=N\C(=O)Nc2ccc(-c3ncn(-c4ccc(C(F)(F)F)cn4)n3)cc2C(F)(F)F)c1. The van der Waals surface area contributed by atoms with Gasteiger partial charge in [0.1, 0.15) is 12.1 Å². The van der Waals surface area contributed by atoms with E-state index in [1.165, 1.54) is 18.2 Å². The van der Waals surface area contributed by atoms with Gasteiger partial charge in [0.15, 0.2) is 16.8 Å². The molecule has 0 bridgehead atoms. The quantitative estimate of drug-likeness (QED) is 0.195. The van der Waals surface area contributed by atoms with Crippen LogP contribution in [0.15, 0.2) is 66.0 Å². The van der Waals surface area contributed by atoms with Crippen molar-refractivity contribution < 1.29 is 53.8 Å². The number of anilines is 2. The van der Waals surface area contributed by atoms with Crippen LogP contribution < -0.4 is 15.0 Å². The molecule has 3 heterocycles. The molecule has 10 nitrogen and oxygen atoms in total. The number of rotatable bonds is 7. The van der Waals surface area contributed by atoms with Gasteiger partial charge in [-0.15, -0.1) is 5.10 Å². The number of amidine groups is 1. The van der Waals surface area contributed by atoms with Crippen molar-refractivity contribution in [2.75, 3.05) is 22.6 Å². The van der Waals surface area contributed by atoms with Crippen LogP contribution in [-0.4, -0.2) is 55.4 Å². The van der Waals surface area contributed by atoms with Crippen LogP contribution in [0.2, 0.25) is 0 Å². The van der Waals surface area contributed by atoms with Crippen molar-refractivity contribution in [1.29, 1.82) is 0 Å². The minimum Gasteiger partial charge on any atom is -0.491 e. The fraction of sp³-hybridized carbons (Fsp3) is 0.241. The van der Waals surface area contributed by atoms with Crippen LogP contribution in [0, 0.1) is 6.92 Å². The van der Waals surface area contributed by atoms with E-state index in [1.54, 1.807) is 6.92 Å². The first-order valence-electron chi connectivity index (χ1n) is 13.7. The number of aryl methyl sites for hydroxylation is 1. The monoisotopic (exact) mass is 717 g/mol. The molecule has 4 aromatic rings. The molecule has 0 radical (unpaired) electrons. The second-order valence-electron chi connectivity index (χ2n) is 10.2. The van der Waals surface area contributed by atoms with E-state index < -0.39 is 60.3 Å². The summed E-state index contributed by atoms with van der Waals surface area (Å²) in [7, 11) is 0. The number of amides is 3. The first-order valence-corrected chi connectivity index (χ1v) is 14.7. The number of nitrogens with zero attached hydrogens (tertiary/aromatic N) is 6. The summed E-state index contributed by atoms with van der Waals surface area (Å²) >= 11 is 0.775. The number of aliphatic imine (C=N–C) groups is 1. The first kappa shape index (κ1) is 35.2. The molecule has 20 heteroatoms. The summed E-state index contributed by atoms with van der Waals surface area (Å²) in [5.41, 5.74) is -2.66. The number of pyridine rings is 1. The number of carbonyl (C=O) groups is 2. The van der Waals surface area contributed by atoms with E-state index in [9.17, 15) is 49.1 Å². The summed E-state index contributed by atoms with van der Waals surface area (Å²) in [5, 5.41) is 5.77. The first-order chi connectivity index (χ1) is 22.9. The molecule has 1 aliphatic heterocycles. The molecule has 2 aromatic carbocycles. The number of thioether (sulfide) groups is 1. The Hall–Kier alpha value is -5.14. The standard InChI is InChI=1S/C29H20F9N7O3S/c1-15-2-6-21(48-9-8-27(30,31)32)20(10-15)45-23(46)13-49-26(45)42-25(47)41-19-5-3-16(11-18(19)29(36,37)38)24-40-14-44(43-24)22-7-4-17(12-39-22)28(33,34)35/h2-7,10-12,14H,8-9,13H2,1H3,(H,41,47)/b42-26-. The Morgan fingerprint density at radius 1 is 0.980 bits per heavy atom. The molecule has 49 heavy (non-hydrogen) atoms. The van der Waals surface area contributed by atoms with Crippen molar-refractivity contribution in [3.8, 4) is 23.0 Å². The Bertz CT molecular complexity index is 1910. The van der Waals surface area contributed by atoms with E-state index in [2.05, 4.69) is 20.1 Å². The largest absolute Gasteiger partial charge is 0.491 e. The molecular formula is C29H20F9N7O3S. The maximum absolute atomic E-state index is 14.1. The number of nitrogens with one attached hydrogen (secondary N) is 1. The minimum atomic E-state index is -5.02. The van der Waals surface area contributed by atoms with Crippen molar-refractivity contribution in [2.24, 2.45) is 4.99 Å². The van der Waals surface area contributed by atoms with Gasteiger partial charge < -0.3 is 10.1 Å². The Morgan fingerprint density at radius 3 is 2.39 bits per heavy atom. The molecule has 2 aromatic heterocycles. The Morgan fingerprint density at radius 2 is 1.73 bits per heavy atom. The van der Waals surface area contributed by atoms with Gasteiger partial charge in [-0.2, -0.15) is 44.5 Å². The third-order valence-corrected chi connectivity index (χ3v) is 7.51. The van der Waals surface area contributed by atoms with Crippen molar-refractivity contribution >= 4 is 40.2 Å². The molecular weight excluding hydrogens is 697 g/mol. The molecule has 0 spiro atoms. The molecule has 0 atom stereocenters. The zero-order valence-electron chi connectivity index (χ0n) is 24.6.